The van der Waals surface area contributed by atoms with Gasteiger partial charge in [0.2, 0.25) is 0 Å². The maximum absolute atomic E-state index is 6.41. The zero-order valence-electron chi connectivity index (χ0n) is 12.4. The zero-order chi connectivity index (χ0) is 15.2. The van der Waals surface area contributed by atoms with Crippen LogP contribution >= 0.6 is 34.2 Å². The minimum absolute atomic E-state index is 0.0866. The molecular formula is C16H21ClIN3. The minimum Gasteiger partial charge on any atom is -0.305 e. The quantitative estimate of drug-likeness (QED) is 0.665. The molecule has 0 saturated carbocycles. The summed E-state index contributed by atoms with van der Waals surface area (Å²) < 4.78 is 3.26. The molecule has 1 N–H and O–H groups in total. The fraction of sp³-hybridized carbons (Fsp3) is 0.438. The highest BCUT2D eigenvalue weighted by Crippen LogP contribution is 2.29. The van der Waals surface area contributed by atoms with Gasteiger partial charge in [-0.25, -0.2) is 0 Å². The summed E-state index contributed by atoms with van der Waals surface area (Å²) in [7, 11) is 0. The predicted molar refractivity (Wildman–Crippen MR) is 96.8 cm³/mol. The fourth-order valence-corrected chi connectivity index (χ4v) is 2.98. The van der Waals surface area contributed by atoms with Crippen molar-refractivity contribution in [2.45, 2.75) is 39.3 Å². The van der Waals surface area contributed by atoms with Crippen LogP contribution in [0.4, 0.5) is 0 Å². The predicted octanol–water partition coefficient (Wildman–Crippen LogP) is 4.64. The summed E-state index contributed by atoms with van der Waals surface area (Å²) >= 11 is 8.74. The highest BCUT2D eigenvalue weighted by Gasteiger charge is 2.21. The van der Waals surface area contributed by atoms with Crippen molar-refractivity contribution in [2.75, 3.05) is 6.54 Å². The second-order valence-corrected chi connectivity index (χ2v) is 6.69. The van der Waals surface area contributed by atoms with Gasteiger partial charge < -0.3 is 5.32 Å². The van der Waals surface area contributed by atoms with Gasteiger partial charge in [0, 0.05) is 10.1 Å². The molecule has 1 aromatic heterocycles. The lowest BCUT2D eigenvalue weighted by molar-refractivity contribution is 0.511. The second-order valence-electron chi connectivity index (χ2n) is 5.04. The number of hydrogen-bond donors (Lipinski definition) is 1. The number of aromatic nitrogens is 2. The summed E-state index contributed by atoms with van der Waals surface area (Å²) in [5, 5.41) is 8.75. The number of halogens is 2. The summed E-state index contributed by atoms with van der Waals surface area (Å²) in [6.07, 6.45) is 3.87. The smallest absolute Gasteiger partial charge is 0.0837 e. The number of benzene rings is 1. The summed E-state index contributed by atoms with van der Waals surface area (Å²) in [6.45, 7) is 6.16. The van der Waals surface area contributed by atoms with Gasteiger partial charge in [0.05, 0.1) is 23.0 Å². The maximum Gasteiger partial charge on any atom is 0.0837 e. The van der Waals surface area contributed by atoms with E-state index >= 15 is 0 Å². The van der Waals surface area contributed by atoms with Crippen molar-refractivity contribution in [3.63, 3.8) is 0 Å². The Morgan fingerprint density at radius 2 is 1.95 bits per heavy atom. The van der Waals surface area contributed by atoms with E-state index in [9.17, 15) is 0 Å². The van der Waals surface area contributed by atoms with E-state index in [2.05, 4.69) is 71.1 Å². The molecule has 2 rings (SSSR count). The molecule has 5 heteroatoms. The Morgan fingerprint density at radius 1 is 1.24 bits per heavy atom. The van der Waals surface area contributed by atoms with E-state index in [-0.39, 0.29) is 6.04 Å². The van der Waals surface area contributed by atoms with E-state index in [1.807, 2.05) is 4.68 Å². The Morgan fingerprint density at radius 3 is 2.57 bits per heavy atom. The fourth-order valence-electron chi connectivity index (χ4n) is 2.37. The highest BCUT2D eigenvalue weighted by molar-refractivity contribution is 14.1. The first-order valence-corrected chi connectivity index (χ1v) is 8.83. The van der Waals surface area contributed by atoms with Crippen molar-refractivity contribution in [3.8, 4) is 0 Å². The van der Waals surface area contributed by atoms with Crippen molar-refractivity contribution in [1.29, 1.82) is 0 Å². The van der Waals surface area contributed by atoms with Gasteiger partial charge >= 0.3 is 0 Å². The van der Waals surface area contributed by atoms with Gasteiger partial charge in [-0.15, -0.1) is 0 Å². The third kappa shape index (κ3) is 4.20. The van der Waals surface area contributed by atoms with E-state index < -0.39 is 0 Å². The van der Waals surface area contributed by atoms with E-state index in [0.717, 1.165) is 36.6 Å². The average Bonchev–Trinajstić information content (AvgIpc) is 2.83. The van der Waals surface area contributed by atoms with E-state index in [0.29, 0.717) is 0 Å². The Balaban J connectivity index is 2.40. The lowest BCUT2D eigenvalue weighted by Gasteiger charge is -2.21. The van der Waals surface area contributed by atoms with Crippen LogP contribution in [0.25, 0.3) is 0 Å². The van der Waals surface area contributed by atoms with Crippen LogP contribution in [-0.4, -0.2) is 16.3 Å². The van der Waals surface area contributed by atoms with Crippen LogP contribution in [-0.2, 0) is 6.54 Å². The molecule has 0 aliphatic rings. The minimum atomic E-state index is 0.0866. The number of rotatable bonds is 7. The monoisotopic (exact) mass is 417 g/mol. The first-order chi connectivity index (χ1) is 10.2. The molecular weight excluding hydrogens is 397 g/mol. The van der Waals surface area contributed by atoms with Gasteiger partial charge in [0.1, 0.15) is 0 Å². The molecule has 0 spiro atoms. The van der Waals surface area contributed by atoms with Crippen LogP contribution in [0.15, 0.2) is 30.5 Å². The number of hydrogen-bond acceptors (Lipinski definition) is 2. The Labute approximate surface area is 145 Å². The van der Waals surface area contributed by atoms with Gasteiger partial charge in [0.25, 0.3) is 0 Å². The molecule has 0 radical (unpaired) electrons. The normalized spacial score (nSPS) is 12.6. The molecule has 0 bridgehead atoms. The summed E-state index contributed by atoms with van der Waals surface area (Å²) in [5.74, 6) is 0. The van der Waals surface area contributed by atoms with E-state index in [4.69, 9.17) is 11.6 Å². The topological polar surface area (TPSA) is 29.9 Å². The highest BCUT2D eigenvalue weighted by atomic mass is 127. The Bertz CT molecular complexity index is 565. The molecule has 3 nitrogen and oxygen atoms in total. The largest absolute Gasteiger partial charge is 0.305 e. The number of nitrogens with zero attached hydrogens (tertiary/aromatic N) is 2. The molecule has 1 atom stereocenters. The molecule has 0 fully saturated rings. The van der Waals surface area contributed by atoms with Gasteiger partial charge in [-0.3, -0.25) is 4.68 Å². The lowest BCUT2D eigenvalue weighted by atomic mass is 10.0. The second kappa shape index (κ2) is 8.15. The lowest BCUT2D eigenvalue weighted by Crippen LogP contribution is -2.26. The Hall–Kier alpha value is -0.590. The van der Waals surface area contributed by atoms with Crippen molar-refractivity contribution in [3.05, 3.63) is 50.3 Å². The molecule has 0 aliphatic heterocycles. The van der Waals surface area contributed by atoms with Crippen molar-refractivity contribution >= 4 is 34.2 Å². The summed E-state index contributed by atoms with van der Waals surface area (Å²) in [5.41, 5.74) is 2.29. The molecule has 1 aromatic carbocycles. The first kappa shape index (κ1) is 16.8. The van der Waals surface area contributed by atoms with Crippen LogP contribution in [0.5, 0.6) is 0 Å². The third-order valence-corrected chi connectivity index (χ3v) is 4.35. The van der Waals surface area contributed by atoms with Gasteiger partial charge in [-0.1, -0.05) is 37.6 Å². The standard InChI is InChI=1S/C16H21ClIN3/c1-3-9-19-15(12-5-7-13(18)8-6-12)16-14(17)11-20-21(16)10-4-2/h5-8,11,15,19H,3-4,9-10H2,1-2H3. The van der Waals surface area contributed by atoms with Crippen LogP contribution in [0.1, 0.15) is 44.0 Å². The first-order valence-electron chi connectivity index (χ1n) is 7.37. The van der Waals surface area contributed by atoms with Crippen LogP contribution in [0.3, 0.4) is 0 Å². The molecule has 0 aliphatic carbocycles. The van der Waals surface area contributed by atoms with Crippen molar-refractivity contribution in [2.24, 2.45) is 0 Å². The zero-order valence-corrected chi connectivity index (χ0v) is 15.4. The molecule has 0 saturated heterocycles. The van der Waals surface area contributed by atoms with Gasteiger partial charge in [-0.2, -0.15) is 5.10 Å². The maximum atomic E-state index is 6.41. The summed E-state index contributed by atoms with van der Waals surface area (Å²) in [4.78, 5) is 0. The molecule has 21 heavy (non-hydrogen) atoms. The van der Waals surface area contributed by atoms with Crippen LogP contribution in [0.2, 0.25) is 5.02 Å². The Kier molecular flexibility index (Phi) is 6.51. The average molecular weight is 418 g/mol. The molecule has 1 heterocycles. The van der Waals surface area contributed by atoms with Crippen LogP contribution in [0, 0.1) is 3.57 Å². The van der Waals surface area contributed by atoms with E-state index in [1.54, 1.807) is 6.20 Å². The third-order valence-electron chi connectivity index (χ3n) is 3.34. The van der Waals surface area contributed by atoms with Crippen molar-refractivity contribution < 1.29 is 0 Å². The number of aryl methyl sites for hydroxylation is 1. The molecule has 1 unspecified atom stereocenters. The van der Waals surface area contributed by atoms with Crippen molar-refractivity contribution in [1.82, 2.24) is 15.1 Å². The molecule has 114 valence electrons. The molecule has 0 amide bonds. The molecule has 2 aromatic rings. The van der Waals surface area contributed by atoms with E-state index in [1.165, 1.54) is 9.13 Å². The summed E-state index contributed by atoms with van der Waals surface area (Å²) in [6, 6.07) is 8.67. The van der Waals surface area contributed by atoms with Gasteiger partial charge in [0.15, 0.2) is 0 Å². The van der Waals surface area contributed by atoms with Gasteiger partial charge in [-0.05, 0) is 59.7 Å². The van der Waals surface area contributed by atoms with Crippen LogP contribution < -0.4 is 5.32 Å². The number of nitrogens with one attached hydrogen (secondary N) is 1. The SMILES string of the molecule is CCCNC(c1ccc(I)cc1)c1c(Cl)cnn1CCC.